The molecule has 2 fully saturated rings. The van der Waals surface area contributed by atoms with Crippen molar-refractivity contribution in [2.75, 3.05) is 0 Å². The van der Waals surface area contributed by atoms with E-state index in [9.17, 15) is 4.79 Å². The number of carbonyl (C=O) groups is 1. The van der Waals surface area contributed by atoms with Gasteiger partial charge in [-0.2, -0.15) is 0 Å². The lowest BCUT2D eigenvalue weighted by molar-refractivity contribution is -0.131. The molecule has 0 aromatic rings. The average Bonchev–Trinajstić information content (AvgIpc) is 2.34. The van der Waals surface area contributed by atoms with Crippen LogP contribution in [0.15, 0.2) is 0 Å². The van der Waals surface area contributed by atoms with E-state index < -0.39 is 0 Å². The number of alkyl halides is 2. The Labute approximate surface area is 95.9 Å². The molecule has 0 heterocycles. The van der Waals surface area contributed by atoms with E-state index >= 15 is 0 Å². The van der Waals surface area contributed by atoms with Crippen LogP contribution >= 0.6 is 31.9 Å². The average molecular weight is 310 g/mol. The van der Waals surface area contributed by atoms with Gasteiger partial charge < -0.3 is 0 Å². The number of hydrogen-bond acceptors (Lipinski definition) is 1. The summed E-state index contributed by atoms with van der Waals surface area (Å²) in [5.74, 6) is 0.371. The SMILES string of the molecule is CC1(C)C(=O)[C@@]2(Br)CC[C@]1(C)[C@@H]2Br. The summed E-state index contributed by atoms with van der Waals surface area (Å²) in [5.41, 5.74) is -0.0729. The molecule has 2 aliphatic rings. The van der Waals surface area contributed by atoms with Gasteiger partial charge in [0.25, 0.3) is 0 Å². The maximum absolute atomic E-state index is 12.1. The highest BCUT2D eigenvalue weighted by Gasteiger charge is 2.72. The fraction of sp³-hybridized carbons (Fsp3) is 0.900. The van der Waals surface area contributed by atoms with Crippen LogP contribution in [0.3, 0.4) is 0 Å². The quantitative estimate of drug-likeness (QED) is 0.628. The molecule has 0 saturated heterocycles. The number of Topliss-reactive ketones (excluding diaryl/α,β-unsaturated/α-hetero) is 1. The van der Waals surface area contributed by atoms with E-state index in [1.165, 1.54) is 0 Å². The van der Waals surface area contributed by atoms with Gasteiger partial charge in [0, 0.05) is 10.2 Å². The lowest BCUT2D eigenvalue weighted by atomic mass is 9.66. The molecule has 3 atom stereocenters. The van der Waals surface area contributed by atoms with E-state index in [1.807, 2.05) is 0 Å². The fourth-order valence-electron chi connectivity index (χ4n) is 2.84. The number of fused-ring (bicyclic) bond motifs is 2. The number of halogens is 2. The maximum atomic E-state index is 12.1. The smallest absolute Gasteiger partial charge is 0.156 e. The summed E-state index contributed by atoms with van der Waals surface area (Å²) in [6.07, 6.45) is 2.11. The van der Waals surface area contributed by atoms with E-state index in [0.717, 1.165) is 12.8 Å². The molecule has 0 aliphatic heterocycles. The Hall–Kier alpha value is 0.630. The molecule has 74 valence electrons. The Morgan fingerprint density at radius 1 is 1.31 bits per heavy atom. The molecule has 13 heavy (non-hydrogen) atoms. The highest BCUT2D eigenvalue weighted by Crippen LogP contribution is 2.68. The van der Waals surface area contributed by atoms with Crippen LogP contribution < -0.4 is 0 Å². The minimum Gasteiger partial charge on any atom is -0.297 e. The van der Waals surface area contributed by atoms with Crippen LogP contribution in [-0.4, -0.2) is 14.9 Å². The molecule has 2 bridgehead atoms. The van der Waals surface area contributed by atoms with Crippen molar-refractivity contribution in [2.45, 2.75) is 42.8 Å². The van der Waals surface area contributed by atoms with Gasteiger partial charge in [-0.15, -0.1) is 0 Å². The first-order valence-corrected chi connectivity index (χ1v) is 6.35. The first kappa shape index (κ1) is 10.2. The summed E-state index contributed by atoms with van der Waals surface area (Å²) >= 11 is 7.32. The van der Waals surface area contributed by atoms with Gasteiger partial charge in [-0.25, -0.2) is 0 Å². The minimum atomic E-state index is -0.286. The summed E-state index contributed by atoms with van der Waals surface area (Å²) in [6.45, 7) is 6.37. The van der Waals surface area contributed by atoms with Crippen LogP contribution in [0.4, 0.5) is 0 Å². The molecule has 0 N–H and O–H groups in total. The van der Waals surface area contributed by atoms with Crippen LogP contribution in [-0.2, 0) is 4.79 Å². The summed E-state index contributed by atoms with van der Waals surface area (Å²) in [7, 11) is 0. The van der Waals surface area contributed by atoms with Crippen LogP contribution in [0.1, 0.15) is 33.6 Å². The second-order valence-electron chi connectivity index (χ2n) is 5.10. The molecular weight excluding hydrogens is 296 g/mol. The van der Waals surface area contributed by atoms with Crippen molar-refractivity contribution in [1.29, 1.82) is 0 Å². The molecule has 3 heteroatoms. The van der Waals surface area contributed by atoms with Crippen LogP contribution in [0.5, 0.6) is 0 Å². The van der Waals surface area contributed by atoms with Crippen molar-refractivity contribution in [3.63, 3.8) is 0 Å². The molecule has 0 amide bonds. The number of ketones is 1. The zero-order valence-corrected chi connectivity index (χ0v) is 11.3. The lowest BCUT2D eigenvalue weighted by Gasteiger charge is -2.38. The summed E-state index contributed by atoms with van der Waals surface area (Å²) < 4.78 is -0.286. The summed E-state index contributed by atoms with van der Waals surface area (Å²) in [5, 5.41) is 0. The molecule has 0 aromatic carbocycles. The highest BCUT2D eigenvalue weighted by molar-refractivity contribution is 9.13. The molecule has 0 radical (unpaired) electrons. The van der Waals surface area contributed by atoms with Gasteiger partial charge in [0.1, 0.15) is 0 Å². The van der Waals surface area contributed by atoms with E-state index in [2.05, 4.69) is 52.6 Å². The third-order valence-corrected chi connectivity index (χ3v) is 7.96. The van der Waals surface area contributed by atoms with Crippen LogP contribution in [0.25, 0.3) is 0 Å². The first-order chi connectivity index (χ1) is 5.77. The second kappa shape index (κ2) is 2.41. The molecule has 2 rings (SSSR count). The molecule has 0 unspecified atom stereocenters. The zero-order chi connectivity index (χ0) is 10.1. The molecule has 0 aromatic heterocycles. The Morgan fingerprint density at radius 2 is 1.85 bits per heavy atom. The first-order valence-electron chi connectivity index (χ1n) is 4.65. The molecule has 1 nitrogen and oxygen atoms in total. The van der Waals surface area contributed by atoms with Gasteiger partial charge in [-0.3, -0.25) is 4.79 Å². The van der Waals surface area contributed by atoms with Gasteiger partial charge in [0.2, 0.25) is 0 Å². The second-order valence-corrected chi connectivity index (χ2v) is 7.43. The Bertz CT molecular complexity index is 280. The third-order valence-electron chi connectivity index (χ3n) is 4.34. The number of hydrogen-bond donors (Lipinski definition) is 0. The van der Waals surface area contributed by atoms with Crippen molar-refractivity contribution < 1.29 is 4.79 Å². The van der Waals surface area contributed by atoms with Crippen LogP contribution in [0, 0.1) is 10.8 Å². The molecule has 0 spiro atoms. The van der Waals surface area contributed by atoms with Crippen molar-refractivity contribution in [3.8, 4) is 0 Å². The Kier molecular flexibility index (Phi) is 1.88. The van der Waals surface area contributed by atoms with Crippen molar-refractivity contribution in [3.05, 3.63) is 0 Å². The van der Waals surface area contributed by atoms with Gasteiger partial charge in [-0.1, -0.05) is 52.6 Å². The third kappa shape index (κ3) is 0.865. The van der Waals surface area contributed by atoms with Gasteiger partial charge >= 0.3 is 0 Å². The maximum Gasteiger partial charge on any atom is 0.156 e. The number of carbonyl (C=O) groups excluding carboxylic acids is 1. The van der Waals surface area contributed by atoms with Gasteiger partial charge in [0.15, 0.2) is 5.78 Å². The van der Waals surface area contributed by atoms with Crippen molar-refractivity contribution >= 4 is 37.6 Å². The van der Waals surface area contributed by atoms with Crippen LogP contribution in [0.2, 0.25) is 0 Å². The van der Waals surface area contributed by atoms with E-state index in [1.54, 1.807) is 0 Å². The predicted molar refractivity (Wildman–Crippen MR) is 60.5 cm³/mol. The van der Waals surface area contributed by atoms with Crippen molar-refractivity contribution in [2.24, 2.45) is 10.8 Å². The van der Waals surface area contributed by atoms with E-state index in [-0.39, 0.29) is 20.0 Å². The predicted octanol–water partition coefficient (Wildman–Crippen LogP) is 3.29. The molecule has 2 aliphatic carbocycles. The van der Waals surface area contributed by atoms with Gasteiger partial charge in [-0.05, 0) is 18.3 Å². The Balaban J connectivity index is 2.59. The standard InChI is InChI=1S/C10H14Br2O/c1-8(2)7(13)10(12)5-4-9(8,3)6(10)11/h6H,4-5H2,1-3H3/t6-,9+,10+/m0/s1. The highest BCUT2D eigenvalue weighted by atomic mass is 79.9. The fourth-order valence-corrected chi connectivity index (χ4v) is 5.27. The van der Waals surface area contributed by atoms with E-state index in [4.69, 9.17) is 0 Å². The zero-order valence-electron chi connectivity index (χ0n) is 8.16. The minimum absolute atomic E-state index is 0.119. The Morgan fingerprint density at radius 3 is 2.08 bits per heavy atom. The lowest BCUT2D eigenvalue weighted by Crippen LogP contribution is -2.41. The molecule has 2 saturated carbocycles. The van der Waals surface area contributed by atoms with Gasteiger partial charge in [0.05, 0.1) is 4.32 Å². The monoisotopic (exact) mass is 308 g/mol. The normalized spacial score (nSPS) is 53.0. The summed E-state index contributed by atoms with van der Waals surface area (Å²) in [4.78, 5) is 12.4. The summed E-state index contributed by atoms with van der Waals surface area (Å²) in [6, 6.07) is 0. The largest absolute Gasteiger partial charge is 0.297 e. The van der Waals surface area contributed by atoms with E-state index in [0.29, 0.717) is 5.78 Å². The van der Waals surface area contributed by atoms with Crippen molar-refractivity contribution in [1.82, 2.24) is 0 Å². The number of rotatable bonds is 0. The molecular formula is C10H14Br2O. The topological polar surface area (TPSA) is 17.1 Å².